The van der Waals surface area contributed by atoms with Crippen molar-refractivity contribution in [3.8, 4) is 0 Å². The van der Waals surface area contributed by atoms with Crippen LogP contribution in [0.3, 0.4) is 0 Å². The van der Waals surface area contributed by atoms with Crippen molar-refractivity contribution < 1.29 is 9.53 Å². The van der Waals surface area contributed by atoms with Crippen LogP contribution in [0.25, 0.3) is 0 Å². The van der Waals surface area contributed by atoms with Crippen LogP contribution >= 0.6 is 11.3 Å². The number of esters is 1. The first-order valence-corrected chi connectivity index (χ1v) is 7.42. The van der Waals surface area contributed by atoms with Gasteiger partial charge in [0, 0.05) is 30.2 Å². The van der Waals surface area contributed by atoms with Crippen LogP contribution < -0.4 is 5.32 Å². The molecule has 2 aromatic heterocycles. The summed E-state index contributed by atoms with van der Waals surface area (Å²) in [7, 11) is 1.85. The second kappa shape index (κ2) is 6.67. The third kappa shape index (κ3) is 3.46. The van der Waals surface area contributed by atoms with Crippen molar-refractivity contribution >= 4 is 17.3 Å². The van der Waals surface area contributed by atoms with Gasteiger partial charge in [0.05, 0.1) is 12.3 Å². The van der Waals surface area contributed by atoms with Crippen LogP contribution in [-0.2, 0) is 23.1 Å². The smallest absolute Gasteiger partial charge is 0.327 e. The maximum atomic E-state index is 12.1. The van der Waals surface area contributed by atoms with E-state index in [9.17, 15) is 4.79 Å². The highest BCUT2D eigenvalue weighted by Crippen LogP contribution is 2.19. The predicted molar refractivity (Wildman–Crippen MR) is 78.5 cm³/mol. The molecule has 0 saturated heterocycles. The van der Waals surface area contributed by atoms with Crippen molar-refractivity contribution in [1.29, 1.82) is 0 Å². The molecule has 2 heterocycles. The highest BCUT2D eigenvalue weighted by atomic mass is 32.1. The molecule has 0 fully saturated rings. The Labute approximate surface area is 122 Å². The van der Waals surface area contributed by atoms with Gasteiger partial charge in [0.1, 0.15) is 6.04 Å². The Bertz CT molecular complexity index is 563. The first-order chi connectivity index (χ1) is 9.61. The lowest BCUT2D eigenvalue weighted by atomic mass is 10.1. The summed E-state index contributed by atoms with van der Waals surface area (Å²) in [4.78, 5) is 13.3. The Hall–Kier alpha value is -1.66. The van der Waals surface area contributed by atoms with E-state index in [1.807, 2.05) is 44.6 Å². The van der Waals surface area contributed by atoms with Crippen LogP contribution in [-0.4, -0.2) is 22.4 Å². The lowest BCUT2D eigenvalue weighted by Crippen LogP contribution is -2.30. The van der Waals surface area contributed by atoms with Gasteiger partial charge in [-0.15, -0.1) is 11.3 Å². The fourth-order valence-electron chi connectivity index (χ4n) is 2.06. The molecule has 0 bridgehead atoms. The molecule has 5 nitrogen and oxygen atoms in total. The van der Waals surface area contributed by atoms with E-state index in [0.29, 0.717) is 13.2 Å². The average molecular weight is 293 g/mol. The van der Waals surface area contributed by atoms with E-state index in [1.165, 1.54) is 4.88 Å². The number of ether oxygens (including phenoxy) is 1. The molecule has 6 heteroatoms. The Morgan fingerprint density at radius 1 is 1.60 bits per heavy atom. The summed E-state index contributed by atoms with van der Waals surface area (Å²) in [6.07, 6.45) is 1.86. The second-order valence-corrected chi connectivity index (χ2v) is 5.52. The maximum Gasteiger partial charge on any atom is 0.327 e. The minimum absolute atomic E-state index is 0.264. The zero-order chi connectivity index (χ0) is 14.5. The zero-order valence-electron chi connectivity index (χ0n) is 11.9. The van der Waals surface area contributed by atoms with Crippen LogP contribution in [0.5, 0.6) is 0 Å². The monoisotopic (exact) mass is 293 g/mol. The molecular weight excluding hydrogens is 274 g/mol. The summed E-state index contributed by atoms with van der Waals surface area (Å²) in [5.74, 6) is -0.264. The van der Waals surface area contributed by atoms with Gasteiger partial charge in [-0.2, -0.15) is 5.10 Å². The van der Waals surface area contributed by atoms with Gasteiger partial charge < -0.3 is 4.74 Å². The second-order valence-electron chi connectivity index (χ2n) is 4.49. The van der Waals surface area contributed by atoms with Gasteiger partial charge in [0.25, 0.3) is 0 Å². The van der Waals surface area contributed by atoms with Gasteiger partial charge in [0.2, 0.25) is 0 Å². The third-order valence-electron chi connectivity index (χ3n) is 2.95. The number of thiophene rings is 1. The summed E-state index contributed by atoms with van der Waals surface area (Å²) in [5.41, 5.74) is 1.70. The minimum atomic E-state index is -0.481. The molecule has 2 rings (SSSR count). The molecule has 0 aliphatic carbocycles. The van der Waals surface area contributed by atoms with E-state index >= 15 is 0 Å². The largest absolute Gasteiger partial charge is 0.465 e. The number of carbonyl (C=O) groups excluding carboxylic acids is 1. The minimum Gasteiger partial charge on any atom is -0.465 e. The Kier molecular flexibility index (Phi) is 4.92. The molecule has 0 saturated carbocycles. The molecule has 0 spiro atoms. The highest BCUT2D eigenvalue weighted by molar-refractivity contribution is 7.09. The first kappa shape index (κ1) is 14.7. The van der Waals surface area contributed by atoms with E-state index in [2.05, 4.69) is 10.4 Å². The molecule has 0 radical (unpaired) electrons. The predicted octanol–water partition coefficient (Wildman–Crippen LogP) is 2.18. The first-order valence-electron chi connectivity index (χ1n) is 6.54. The van der Waals surface area contributed by atoms with E-state index in [-0.39, 0.29) is 5.97 Å². The topological polar surface area (TPSA) is 56.1 Å². The number of hydrogen-bond donors (Lipinski definition) is 1. The van der Waals surface area contributed by atoms with Crippen molar-refractivity contribution in [3.63, 3.8) is 0 Å². The molecular formula is C14H19N3O2S. The number of nitrogens with zero attached hydrogens (tertiary/aromatic N) is 2. The number of carbonyl (C=O) groups is 1. The number of rotatable bonds is 6. The molecule has 1 atom stereocenters. The molecule has 108 valence electrons. The Morgan fingerprint density at radius 3 is 2.95 bits per heavy atom. The van der Waals surface area contributed by atoms with Gasteiger partial charge >= 0.3 is 5.97 Å². The average Bonchev–Trinajstić information content (AvgIpc) is 3.01. The van der Waals surface area contributed by atoms with E-state index < -0.39 is 6.04 Å². The molecule has 0 aliphatic heterocycles. The summed E-state index contributed by atoms with van der Waals surface area (Å²) in [6, 6.07) is 3.55. The van der Waals surface area contributed by atoms with Crippen molar-refractivity contribution in [1.82, 2.24) is 15.1 Å². The van der Waals surface area contributed by atoms with Crippen molar-refractivity contribution in [2.75, 3.05) is 6.61 Å². The molecule has 0 aromatic carbocycles. The SMILES string of the molecule is CCOC(=O)C(NCc1cccs1)c1cn(C)nc1C. The van der Waals surface area contributed by atoms with Crippen LogP contribution in [0.1, 0.15) is 29.1 Å². The normalized spacial score (nSPS) is 12.3. The molecule has 2 aromatic rings. The van der Waals surface area contributed by atoms with Gasteiger partial charge in [-0.3, -0.25) is 10.00 Å². The van der Waals surface area contributed by atoms with E-state index in [1.54, 1.807) is 16.0 Å². The molecule has 1 N–H and O–H groups in total. The van der Waals surface area contributed by atoms with Gasteiger partial charge in [-0.1, -0.05) is 6.07 Å². The Morgan fingerprint density at radius 2 is 2.40 bits per heavy atom. The Balaban J connectivity index is 2.16. The fraction of sp³-hybridized carbons (Fsp3) is 0.429. The van der Waals surface area contributed by atoms with Crippen molar-refractivity contribution in [2.45, 2.75) is 26.4 Å². The van der Waals surface area contributed by atoms with Crippen LogP contribution in [0.2, 0.25) is 0 Å². The van der Waals surface area contributed by atoms with Crippen molar-refractivity contribution in [3.05, 3.63) is 39.8 Å². The third-order valence-corrected chi connectivity index (χ3v) is 3.82. The molecule has 0 amide bonds. The number of hydrogen-bond acceptors (Lipinski definition) is 5. The number of nitrogens with one attached hydrogen (secondary N) is 1. The fourth-order valence-corrected chi connectivity index (χ4v) is 2.72. The van der Waals surface area contributed by atoms with Crippen LogP contribution in [0.15, 0.2) is 23.7 Å². The van der Waals surface area contributed by atoms with Crippen LogP contribution in [0, 0.1) is 6.92 Å². The standard InChI is InChI=1S/C14H19N3O2S/c1-4-19-14(18)13(12-9-17(3)16-10(12)2)15-8-11-6-5-7-20-11/h5-7,9,13,15H,4,8H2,1-3H3. The summed E-state index contributed by atoms with van der Waals surface area (Å²) < 4.78 is 6.87. The highest BCUT2D eigenvalue weighted by Gasteiger charge is 2.25. The summed E-state index contributed by atoms with van der Waals surface area (Å²) in [5, 5.41) is 9.57. The van der Waals surface area contributed by atoms with Gasteiger partial charge in [0.15, 0.2) is 0 Å². The quantitative estimate of drug-likeness (QED) is 0.829. The van der Waals surface area contributed by atoms with E-state index in [0.717, 1.165) is 11.3 Å². The molecule has 0 aliphatic rings. The van der Waals surface area contributed by atoms with Crippen molar-refractivity contribution in [2.24, 2.45) is 7.05 Å². The zero-order valence-corrected chi connectivity index (χ0v) is 12.7. The van der Waals surface area contributed by atoms with E-state index in [4.69, 9.17) is 4.74 Å². The summed E-state index contributed by atoms with van der Waals surface area (Å²) in [6.45, 7) is 4.71. The number of aromatic nitrogens is 2. The van der Waals surface area contributed by atoms with Crippen LogP contribution in [0.4, 0.5) is 0 Å². The lowest BCUT2D eigenvalue weighted by molar-refractivity contribution is -0.145. The summed E-state index contributed by atoms with van der Waals surface area (Å²) >= 11 is 1.66. The number of aryl methyl sites for hydroxylation is 2. The molecule has 1 unspecified atom stereocenters. The molecule has 20 heavy (non-hydrogen) atoms. The van der Waals surface area contributed by atoms with Gasteiger partial charge in [-0.05, 0) is 25.3 Å². The lowest BCUT2D eigenvalue weighted by Gasteiger charge is -2.16. The maximum absolute atomic E-state index is 12.1. The van der Waals surface area contributed by atoms with Gasteiger partial charge in [-0.25, -0.2) is 4.79 Å².